The molecule has 0 amide bonds. The fraction of sp³-hybridized carbons (Fsp3) is 0.417. The molecule has 2 rings (SSSR count). The third kappa shape index (κ3) is 2.54. The second kappa shape index (κ2) is 5.67. The van der Waals surface area contributed by atoms with Crippen molar-refractivity contribution in [1.82, 2.24) is 15.1 Å². The summed E-state index contributed by atoms with van der Waals surface area (Å²) in [6.45, 7) is 3.03. The van der Waals surface area contributed by atoms with E-state index in [1.807, 2.05) is 11.7 Å². The van der Waals surface area contributed by atoms with Crippen LogP contribution in [0.2, 0.25) is 5.02 Å². The van der Waals surface area contributed by atoms with Crippen LogP contribution in [0.5, 0.6) is 0 Å². The van der Waals surface area contributed by atoms with Crippen LogP contribution in [0.3, 0.4) is 0 Å². The van der Waals surface area contributed by atoms with Crippen LogP contribution in [0.1, 0.15) is 30.6 Å². The molecule has 5 heteroatoms. The van der Waals surface area contributed by atoms with Crippen molar-refractivity contribution in [2.75, 3.05) is 7.05 Å². The average molecular weight is 270 g/mol. The van der Waals surface area contributed by atoms with Crippen molar-refractivity contribution in [2.45, 2.75) is 25.9 Å². The summed E-state index contributed by atoms with van der Waals surface area (Å²) >= 11 is 7.94. The Morgan fingerprint density at radius 1 is 1.59 bits per heavy atom. The normalized spacial score (nSPS) is 12.9. The van der Waals surface area contributed by atoms with Crippen molar-refractivity contribution in [3.05, 3.63) is 39.3 Å². The highest BCUT2D eigenvalue weighted by molar-refractivity contribution is 7.08. The fourth-order valence-corrected chi connectivity index (χ4v) is 2.89. The number of aromatic nitrogens is 2. The van der Waals surface area contributed by atoms with Gasteiger partial charge in [0.2, 0.25) is 0 Å². The molecule has 0 fully saturated rings. The lowest BCUT2D eigenvalue weighted by Gasteiger charge is -2.17. The van der Waals surface area contributed by atoms with E-state index in [-0.39, 0.29) is 6.04 Å². The smallest absolute Gasteiger partial charge is 0.0837 e. The highest BCUT2D eigenvalue weighted by Gasteiger charge is 2.20. The van der Waals surface area contributed by atoms with Crippen molar-refractivity contribution >= 4 is 22.9 Å². The fourth-order valence-electron chi connectivity index (χ4n) is 1.95. The molecule has 0 aliphatic carbocycles. The number of nitrogens with one attached hydrogen (secondary N) is 1. The third-order valence-corrected chi connectivity index (χ3v) is 3.70. The maximum absolute atomic E-state index is 6.25. The molecule has 1 unspecified atom stereocenters. The number of halogens is 1. The van der Waals surface area contributed by atoms with Crippen molar-refractivity contribution in [2.24, 2.45) is 0 Å². The number of hydrogen-bond acceptors (Lipinski definition) is 3. The lowest BCUT2D eigenvalue weighted by molar-refractivity contribution is 0.535. The van der Waals surface area contributed by atoms with Crippen LogP contribution >= 0.6 is 22.9 Å². The van der Waals surface area contributed by atoms with Crippen molar-refractivity contribution in [3.8, 4) is 0 Å². The van der Waals surface area contributed by atoms with E-state index in [1.54, 1.807) is 17.5 Å². The molecule has 92 valence electrons. The molecule has 2 aromatic rings. The molecule has 0 spiro atoms. The number of aryl methyl sites for hydroxylation is 1. The van der Waals surface area contributed by atoms with Crippen LogP contribution in [-0.4, -0.2) is 16.8 Å². The molecule has 0 aliphatic rings. The summed E-state index contributed by atoms with van der Waals surface area (Å²) in [5.74, 6) is 0. The minimum Gasteiger partial charge on any atom is -0.308 e. The molecule has 1 N–H and O–H groups in total. The first kappa shape index (κ1) is 12.6. The summed E-state index contributed by atoms with van der Waals surface area (Å²) in [5, 5.41) is 12.6. The quantitative estimate of drug-likeness (QED) is 0.902. The van der Waals surface area contributed by atoms with Gasteiger partial charge in [-0.15, -0.1) is 0 Å². The first-order chi connectivity index (χ1) is 8.27. The van der Waals surface area contributed by atoms with Gasteiger partial charge < -0.3 is 5.32 Å². The largest absolute Gasteiger partial charge is 0.308 e. The van der Waals surface area contributed by atoms with Crippen molar-refractivity contribution in [1.29, 1.82) is 0 Å². The van der Waals surface area contributed by atoms with E-state index in [4.69, 9.17) is 11.6 Å². The predicted octanol–water partition coefficient (Wildman–Crippen LogP) is 3.32. The monoisotopic (exact) mass is 269 g/mol. The molecule has 17 heavy (non-hydrogen) atoms. The Labute approximate surface area is 110 Å². The molecule has 0 saturated carbocycles. The van der Waals surface area contributed by atoms with Gasteiger partial charge in [0.25, 0.3) is 0 Å². The lowest BCUT2D eigenvalue weighted by Crippen LogP contribution is -2.21. The van der Waals surface area contributed by atoms with Gasteiger partial charge >= 0.3 is 0 Å². The molecule has 0 saturated heterocycles. The predicted molar refractivity (Wildman–Crippen MR) is 72.7 cm³/mol. The summed E-state index contributed by atoms with van der Waals surface area (Å²) in [4.78, 5) is 0. The van der Waals surface area contributed by atoms with Crippen LogP contribution in [0, 0.1) is 0 Å². The maximum Gasteiger partial charge on any atom is 0.0837 e. The molecule has 3 nitrogen and oxygen atoms in total. The van der Waals surface area contributed by atoms with Gasteiger partial charge in [-0.2, -0.15) is 16.4 Å². The zero-order valence-corrected chi connectivity index (χ0v) is 11.6. The highest BCUT2D eigenvalue weighted by Crippen LogP contribution is 2.29. The summed E-state index contributed by atoms with van der Waals surface area (Å²) in [6, 6.07) is 2.23. The van der Waals surface area contributed by atoms with Gasteiger partial charge in [-0.25, -0.2) is 0 Å². The molecule has 2 heterocycles. The molecular weight excluding hydrogens is 254 g/mol. The molecule has 1 atom stereocenters. The third-order valence-electron chi connectivity index (χ3n) is 2.71. The Kier molecular flexibility index (Phi) is 4.20. The molecule has 2 aromatic heterocycles. The molecule has 0 radical (unpaired) electrons. The summed E-state index contributed by atoms with van der Waals surface area (Å²) in [7, 11) is 1.95. The number of thiophene rings is 1. The number of nitrogens with zero attached hydrogens (tertiary/aromatic N) is 2. The topological polar surface area (TPSA) is 29.9 Å². The van der Waals surface area contributed by atoms with Crippen LogP contribution in [-0.2, 0) is 6.54 Å². The van der Waals surface area contributed by atoms with Crippen LogP contribution in [0.15, 0.2) is 23.0 Å². The van der Waals surface area contributed by atoms with E-state index in [0.29, 0.717) is 0 Å². The molecule has 0 aliphatic heterocycles. The average Bonchev–Trinajstić information content (AvgIpc) is 2.94. The van der Waals surface area contributed by atoms with Gasteiger partial charge in [0.05, 0.1) is 23.0 Å². The van der Waals surface area contributed by atoms with E-state index in [0.717, 1.165) is 23.7 Å². The van der Waals surface area contributed by atoms with Crippen molar-refractivity contribution < 1.29 is 0 Å². The summed E-state index contributed by atoms with van der Waals surface area (Å²) < 4.78 is 1.99. The maximum atomic E-state index is 6.25. The Hall–Kier alpha value is -0.840. The molecule has 0 bridgehead atoms. The second-order valence-corrected chi connectivity index (χ2v) is 5.07. The molecule has 0 aromatic carbocycles. The standard InChI is InChI=1S/C12H16ClN3S/c1-3-5-16-12(10(13)7-15-16)11(14-2)9-4-6-17-8-9/h4,6-8,11,14H,3,5H2,1-2H3. The highest BCUT2D eigenvalue weighted by atomic mass is 35.5. The van der Waals surface area contributed by atoms with E-state index in [9.17, 15) is 0 Å². The first-order valence-corrected chi connectivity index (χ1v) is 7.00. The van der Waals surface area contributed by atoms with E-state index in [2.05, 4.69) is 34.2 Å². The zero-order valence-electron chi connectivity index (χ0n) is 9.98. The van der Waals surface area contributed by atoms with Crippen LogP contribution < -0.4 is 5.32 Å². The van der Waals surface area contributed by atoms with Gasteiger partial charge in [0.15, 0.2) is 0 Å². The van der Waals surface area contributed by atoms with Crippen LogP contribution in [0.4, 0.5) is 0 Å². The van der Waals surface area contributed by atoms with E-state index in [1.165, 1.54) is 5.56 Å². The van der Waals surface area contributed by atoms with Crippen molar-refractivity contribution in [3.63, 3.8) is 0 Å². The number of hydrogen-bond donors (Lipinski definition) is 1. The van der Waals surface area contributed by atoms with Gasteiger partial charge in [0, 0.05) is 6.54 Å². The Bertz CT molecular complexity index is 464. The Balaban J connectivity index is 2.39. The minimum absolute atomic E-state index is 0.114. The summed E-state index contributed by atoms with van der Waals surface area (Å²) in [5.41, 5.74) is 2.28. The second-order valence-electron chi connectivity index (χ2n) is 3.88. The van der Waals surface area contributed by atoms with E-state index >= 15 is 0 Å². The first-order valence-electron chi connectivity index (χ1n) is 5.68. The SMILES string of the molecule is CCCn1ncc(Cl)c1C(NC)c1ccsc1. The van der Waals surface area contributed by atoms with Crippen LogP contribution in [0.25, 0.3) is 0 Å². The minimum atomic E-state index is 0.114. The Morgan fingerprint density at radius 2 is 2.41 bits per heavy atom. The van der Waals surface area contributed by atoms with Gasteiger partial charge in [-0.3, -0.25) is 4.68 Å². The number of rotatable bonds is 5. The Morgan fingerprint density at radius 3 is 3.00 bits per heavy atom. The summed E-state index contributed by atoms with van der Waals surface area (Å²) in [6.07, 6.45) is 2.77. The van der Waals surface area contributed by atoms with E-state index < -0.39 is 0 Å². The van der Waals surface area contributed by atoms with Gasteiger partial charge in [-0.05, 0) is 35.9 Å². The lowest BCUT2D eigenvalue weighted by atomic mass is 10.1. The zero-order chi connectivity index (χ0) is 12.3. The van der Waals surface area contributed by atoms with Gasteiger partial charge in [0.1, 0.15) is 0 Å². The molecular formula is C12H16ClN3S. The van der Waals surface area contributed by atoms with Gasteiger partial charge in [-0.1, -0.05) is 18.5 Å².